The fraction of sp³-hybridized carbons (Fsp3) is 0.929. The number of esters is 3. The molecule has 4 aliphatic rings. The number of rotatable bonds is 10. The van der Waals surface area contributed by atoms with Gasteiger partial charge in [0.1, 0.15) is 24.2 Å². The van der Waals surface area contributed by atoms with E-state index in [1.807, 2.05) is 0 Å². The second kappa shape index (κ2) is 15.6. The highest BCUT2D eigenvalue weighted by molar-refractivity contribution is 5.99. The van der Waals surface area contributed by atoms with Crippen molar-refractivity contribution >= 4 is 17.9 Å². The topological polar surface area (TPSA) is 101 Å². The van der Waals surface area contributed by atoms with Crippen LogP contribution < -0.4 is 0 Å². The van der Waals surface area contributed by atoms with Crippen molar-refractivity contribution in [1.29, 1.82) is 0 Å². The molecule has 0 aliphatic carbocycles. The van der Waals surface area contributed by atoms with Gasteiger partial charge in [0.05, 0.1) is 12.7 Å². The largest absolute Gasteiger partial charge is 0.462 e. The SMILES string of the molecule is CN1CCC(OC(=O)C(COC2CC(C)(C)N(C)C(C)(C)C2)C(C(=O)OC2CCN(C)C(C)(C)C2)C(=O)OC2CC(C)(C)N(C)C(C)(C)C2)CC1(C)C. The number of hydrogen-bond donors (Lipinski definition) is 0. The van der Waals surface area contributed by atoms with Crippen LogP contribution >= 0.6 is 0 Å². The maximum atomic E-state index is 14.6. The van der Waals surface area contributed by atoms with Gasteiger partial charge >= 0.3 is 17.9 Å². The molecule has 4 saturated heterocycles. The summed E-state index contributed by atoms with van der Waals surface area (Å²) in [5.74, 6) is -4.82. The lowest BCUT2D eigenvalue weighted by molar-refractivity contribution is -0.188. The van der Waals surface area contributed by atoms with Gasteiger partial charge in [-0.05, 0) is 137 Å². The maximum absolute atomic E-state index is 14.6. The lowest BCUT2D eigenvalue weighted by Crippen LogP contribution is -2.61. The van der Waals surface area contributed by atoms with Crippen molar-refractivity contribution < 1.29 is 33.3 Å². The van der Waals surface area contributed by atoms with Gasteiger partial charge in [-0.15, -0.1) is 0 Å². The number of carbonyl (C=O) groups excluding carboxylic acids is 3. The molecule has 0 N–H and O–H groups in total. The molecular formula is C42H76N4O7. The Morgan fingerprint density at radius 3 is 1.19 bits per heavy atom. The molecule has 4 fully saturated rings. The second-order valence-electron chi connectivity index (χ2n) is 20.9. The van der Waals surface area contributed by atoms with E-state index in [4.69, 9.17) is 18.9 Å². The highest BCUT2D eigenvalue weighted by Crippen LogP contribution is 2.41. The van der Waals surface area contributed by atoms with E-state index in [2.05, 4.69) is 131 Å². The average Bonchev–Trinajstić information content (AvgIpc) is 2.99. The van der Waals surface area contributed by atoms with Crippen LogP contribution in [0.15, 0.2) is 0 Å². The zero-order valence-corrected chi connectivity index (χ0v) is 36.4. The molecule has 0 radical (unpaired) electrons. The summed E-state index contributed by atoms with van der Waals surface area (Å²) >= 11 is 0. The highest BCUT2D eigenvalue weighted by atomic mass is 16.6. The lowest BCUT2D eigenvalue weighted by Gasteiger charge is -2.53. The van der Waals surface area contributed by atoms with E-state index in [0.29, 0.717) is 38.5 Å². The Bertz CT molecular complexity index is 1290. The van der Waals surface area contributed by atoms with Crippen molar-refractivity contribution in [2.75, 3.05) is 47.9 Å². The van der Waals surface area contributed by atoms with Crippen LogP contribution in [-0.4, -0.2) is 143 Å². The van der Waals surface area contributed by atoms with Gasteiger partial charge in [0.15, 0.2) is 5.92 Å². The van der Waals surface area contributed by atoms with Crippen molar-refractivity contribution in [3.05, 3.63) is 0 Å². The lowest BCUT2D eigenvalue weighted by atomic mass is 9.78. The minimum Gasteiger partial charge on any atom is -0.462 e. The van der Waals surface area contributed by atoms with Crippen LogP contribution in [0.2, 0.25) is 0 Å². The predicted molar refractivity (Wildman–Crippen MR) is 209 cm³/mol. The fourth-order valence-electron chi connectivity index (χ4n) is 9.56. The maximum Gasteiger partial charge on any atom is 0.321 e. The Kier molecular flexibility index (Phi) is 13.0. The summed E-state index contributed by atoms with van der Waals surface area (Å²) in [5.41, 5.74) is -1.19. The van der Waals surface area contributed by atoms with Crippen molar-refractivity contribution in [3.8, 4) is 0 Å². The van der Waals surface area contributed by atoms with Crippen LogP contribution in [0.4, 0.5) is 0 Å². The molecular weight excluding hydrogens is 672 g/mol. The predicted octanol–water partition coefficient (Wildman–Crippen LogP) is 5.91. The van der Waals surface area contributed by atoms with Crippen molar-refractivity contribution in [3.63, 3.8) is 0 Å². The highest BCUT2D eigenvalue weighted by Gasteiger charge is 2.51. The molecule has 4 heterocycles. The van der Waals surface area contributed by atoms with Gasteiger partial charge in [0.2, 0.25) is 0 Å². The van der Waals surface area contributed by atoms with Crippen LogP contribution in [0.25, 0.3) is 0 Å². The molecule has 53 heavy (non-hydrogen) atoms. The minimum absolute atomic E-state index is 0.145. The number of hydrogen-bond acceptors (Lipinski definition) is 11. The summed E-state index contributed by atoms with van der Waals surface area (Å²) in [6, 6.07) is 0. The quantitative estimate of drug-likeness (QED) is 0.151. The van der Waals surface area contributed by atoms with Gasteiger partial charge < -0.3 is 28.7 Å². The zero-order chi connectivity index (χ0) is 40.1. The number of piperidine rings is 4. The third-order valence-corrected chi connectivity index (χ3v) is 14.2. The summed E-state index contributed by atoms with van der Waals surface area (Å²) in [6.45, 7) is 27.3. The van der Waals surface area contributed by atoms with Gasteiger partial charge in [-0.1, -0.05) is 0 Å². The van der Waals surface area contributed by atoms with E-state index in [1.165, 1.54) is 0 Å². The molecule has 0 aromatic carbocycles. The fourth-order valence-corrected chi connectivity index (χ4v) is 9.56. The Hall–Kier alpha value is -1.79. The van der Waals surface area contributed by atoms with E-state index in [9.17, 15) is 14.4 Å². The standard InChI is InChI=1S/C42H76N4O7/c1-37(2)21-28(17-19-43(37)13)51-34(47)32(27-50-30-23-39(5,6)45(15)40(7,8)24-30)33(35(48)52-29-18-20-44(14)38(3,4)22-29)36(49)53-31-25-41(9,10)46(16)42(11,12)26-31/h28-33H,17-27H2,1-16H3. The van der Waals surface area contributed by atoms with E-state index in [1.54, 1.807) is 0 Å². The minimum atomic E-state index is -1.53. The first-order valence-electron chi connectivity index (χ1n) is 20.2. The van der Waals surface area contributed by atoms with Crippen LogP contribution in [0.1, 0.15) is 134 Å². The van der Waals surface area contributed by atoms with Crippen molar-refractivity contribution in [1.82, 2.24) is 19.6 Å². The molecule has 0 spiro atoms. The summed E-state index contributed by atoms with van der Waals surface area (Å²) in [4.78, 5) is 53.0. The van der Waals surface area contributed by atoms with Gasteiger partial charge in [-0.25, -0.2) is 0 Å². The molecule has 306 valence electrons. The third kappa shape index (κ3) is 10.2. The zero-order valence-electron chi connectivity index (χ0n) is 36.4. The van der Waals surface area contributed by atoms with E-state index < -0.39 is 42.0 Å². The molecule has 4 rings (SSSR count). The van der Waals surface area contributed by atoms with E-state index >= 15 is 0 Å². The number of ether oxygens (including phenoxy) is 4. The average molecular weight is 749 g/mol. The second-order valence-corrected chi connectivity index (χ2v) is 20.9. The number of likely N-dealkylation sites (tertiary alicyclic amines) is 4. The molecule has 11 heteroatoms. The Morgan fingerprint density at radius 2 is 0.811 bits per heavy atom. The van der Waals surface area contributed by atoms with Crippen LogP contribution in [0, 0.1) is 11.8 Å². The van der Waals surface area contributed by atoms with E-state index in [0.717, 1.165) is 25.9 Å². The summed E-state index contributed by atoms with van der Waals surface area (Å²) < 4.78 is 25.5. The van der Waals surface area contributed by atoms with Crippen molar-refractivity contribution in [2.45, 2.75) is 192 Å². The van der Waals surface area contributed by atoms with Crippen LogP contribution in [-0.2, 0) is 33.3 Å². The normalized spacial score (nSPS) is 30.6. The Balaban J connectivity index is 1.68. The Morgan fingerprint density at radius 1 is 0.491 bits per heavy atom. The third-order valence-electron chi connectivity index (χ3n) is 14.2. The summed E-state index contributed by atoms with van der Waals surface area (Å²) in [6.07, 6.45) is 3.86. The van der Waals surface area contributed by atoms with Gasteiger partial charge in [-0.2, -0.15) is 0 Å². The monoisotopic (exact) mass is 749 g/mol. The molecule has 0 aromatic heterocycles. The molecule has 0 aromatic rings. The van der Waals surface area contributed by atoms with Crippen molar-refractivity contribution in [2.24, 2.45) is 11.8 Å². The van der Waals surface area contributed by atoms with Gasteiger partial charge in [-0.3, -0.25) is 24.2 Å². The molecule has 0 bridgehead atoms. The number of nitrogens with zero attached hydrogens (tertiary/aromatic N) is 4. The van der Waals surface area contributed by atoms with Gasteiger partial charge in [0, 0.05) is 72.0 Å². The summed E-state index contributed by atoms with van der Waals surface area (Å²) in [7, 11) is 8.39. The summed E-state index contributed by atoms with van der Waals surface area (Å²) in [5, 5.41) is 0. The first-order chi connectivity index (χ1) is 24.1. The first kappa shape index (κ1) is 43.9. The molecule has 4 aliphatic heterocycles. The molecule has 11 nitrogen and oxygen atoms in total. The van der Waals surface area contributed by atoms with Gasteiger partial charge in [0.25, 0.3) is 0 Å². The van der Waals surface area contributed by atoms with Crippen LogP contribution in [0.5, 0.6) is 0 Å². The van der Waals surface area contributed by atoms with Crippen LogP contribution in [0.3, 0.4) is 0 Å². The number of carbonyl (C=O) groups is 3. The van der Waals surface area contributed by atoms with E-state index in [-0.39, 0.29) is 52.0 Å². The smallest absolute Gasteiger partial charge is 0.321 e. The molecule has 0 amide bonds. The Labute approximate surface area is 322 Å². The molecule has 4 atom stereocenters. The molecule has 0 saturated carbocycles. The first-order valence-corrected chi connectivity index (χ1v) is 20.2. The molecule has 4 unspecified atom stereocenters.